The summed E-state index contributed by atoms with van der Waals surface area (Å²) in [6.45, 7) is 7.06. The van der Waals surface area contributed by atoms with Crippen molar-refractivity contribution in [1.82, 2.24) is 14.4 Å². The predicted molar refractivity (Wildman–Crippen MR) is 125 cm³/mol. The smallest absolute Gasteiger partial charge is 0.237 e. The lowest BCUT2D eigenvalue weighted by Crippen LogP contribution is -2.49. The Balaban J connectivity index is 1.41. The number of rotatable bonds is 7. The molecule has 1 amide bonds. The molecular formula is C24H29N5OS. The molecule has 1 aliphatic rings. The summed E-state index contributed by atoms with van der Waals surface area (Å²) in [5.41, 5.74) is 10.2. The average molecular weight is 436 g/mol. The quantitative estimate of drug-likeness (QED) is 0.580. The van der Waals surface area contributed by atoms with E-state index in [0.717, 1.165) is 47.9 Å². The lowest BCUT2D eigenvalue weighted by Gasteiger charge is -2.34. The first-order valence-corrected chi connectivity index (χ1v) is 11.6. The summed E-state index contributed by atoms with van der Waals surface area (Å²) < 4.78 is 2.20. The first-order chi connectivity index (χ1) is 15.1. The van der Waals surface area contributed by atoms with Gasteiger partial charge in [-0.2, -0.15) is 0 Å². The normalized spacial score (nSPS) is 15.6. The lowest BCUT2D eigenvalue weighted by molar-refractivity contribution is -0.137. The Morgan fingerprint density at radius 2 is 1.81 bits per heavy atom. The molecule has 0 saturated carbocycles. The van der Waals surface area contributed by atoms with E-state index >= 15 is 0 Å². The first kappa shape index (κ1) is 21.3. The molecule has 0 aliphatic carbocycles. The Hall–Kier alpha value is -2.90. The van der Waals surface area contributed by atoms with Crippen LogP contribution in [0.15, 0.2) is 65.0 Å². The van der Waals surface area contributed by atoms with Gasteiger partial charge in [0.05, 0.1) is 19.6 Å². The van der Waals surface area contributed by atoms with Crippen molar-refractivity contribution in [2.45, 2.75) is 33.1 Å². The van der Waals surface area contributed by atoms with E-state index < -0.39 is 0 Å². The molecule has 6 nitrogen and oxygen atoms in total. The molecule has 2 aromatic carbocycles. The highest BCUT2D eigenvalue weighted by Crippen LogP contribution is 2.14. The Labute approximate surface area is 187 Å². The van der Waals surface area contributed by atoms with Crippen LogP contribution in [-0.2, 0) is 31.0 Å². The topological polar surface area (TPSA) is 66.9 Å². The summed E-state index contributed by atoms with van der Waals surface area (Å²) >= 11 is 1.63. The third-order valence-electron chi connectivity index (χ3n) is 5.63. The van der Waals surface area contributed by atoms with Crippen molar-refractivity contribution in [3.8, 4) is 0 Å². The third kappa shape index (κ3) is 5.24. The third-order valence-corrected chi connectivity index (χ3v) is 6.58. The van der Waals surface area contributed by atoms with Crippen LogP contribution in [0.4, 0.5) is 5.69 Å². The highest BCUT2D eigenvalue weighted by atomic mass is 32.1. The van der Waals surface area contributed by atoms with Gasteiger partial charge in [-0.25, -0.2) is 0 Å². The molecule has 1 aliphatic heterocycles. The average Bonchev–Trinajstić information content (AvgIpc) is 3.17. The van der Waals surface area contributed by atoms with Gasteiger partial charge < -0.3 is 15.2 Å². The van der Waals surface area contributed by atoms with Gasteiger partial charge in [0, 0.05) is 42.9 Å². The minimum absolute atomic E-state index is 0.187. The molecule has 7 heteroatoms. The summed E-state index contributed by atoms with van der Waals surface area (Å²) in [5.74, 6) is 0.187. The van der Waals surface area contributed by atoms with E-state index in [2.05, 4.69) is 33.9 Å². The number of piperazine rings is 1. The van der Waals surface area contributed by atoms with E-state index in [9.17, 15) is 4.79 Å². The number of aromatic nitrogens is 1. The van der Waals surface area contributed by atoms with Gasteiger partial charge in [-0.05, 0) is 24.1 Å². The van der Waals surface area contributed by atoms with Crippen LogP contribution in [0.1, 0.15) is 23.7 Å². The van der Waals surface area contributed by atoms with Gasteiger partial charge >= 0.3 is 0 Å². The fourth-order valence-corrected chi connectivity index (χ4v) is 4.84. The van der Waals surface area contributed by atoms with Crippen LogP contribution in [0.3, 0.4) is 0 Å². The SMILES string of the molecule is CCn1c(CN2CCN(Cc3ccccc3)CC2=O)csc1=NCc1ccccc1N. The van der Waals surface area contributed by atoms with Gasteiger partial charge in [0.1, 0.15) is 0 Å². The molecule has 3 aromatic rings. The zero-order chi connectivity index (χ0) is 21.6. The number of nitrogens with zero attached hydrogens (tertiary/aromatic N) is 4. The van der Waals surface area contributed by atoms with Crippen LogP contribution in [-0.4, -0.2) is 39.9 Å². The molecule has 1 aromatic heterocycles. The van der Waals surface area contributed by atoms with E-state index in [1.54, 1.807) is 11.3 Å². The molecule has 162 valence electrons. The number of nitrogens with two attached hydrogens (primary N) is 1. The molecule has 0 unspecified atom stereocenters. The number of carbonyl (C=O) groups excluding carboxylic acids is 1. The fraction of sp³-hybridized carbons (Fsp3) is 0.333. The monoisotopic (exact) mass is 435 g/mol. The molecule has 0 spiro atoms. The van der Waals surface area contributed by atoms with E-state index in [-0.39, 0.29) is 5.91 Å². The number of anilines is 1. The maximum atomic E-state index is 12.8. The minimum atomic E-state index is 0.187. The van der Waals surface area contributed by atoms with Gasteiger partial charge in [0.25, 0.3) is 0 Å². The Morgan fingerprint density at radius 3 is 2.55 bits per heavy atom. The summed E-state index contributed by atoms with van der Waals surface area (Å²) in [4.78, 5) is 22.7. The van der Waals surface area contributed by atoms with Gasteiger partial charge in [-0.15, -0.1) is 11.3 Å². The molecule has 0 radical (unpaired) electrons. The van der Waals surface area contributed by atoms with Crippen LogP contribution in [0.25, 0.3) is 0 Å². The number of carbonyl (C=O) groups is 1. The molecule has 1 fully saturated rings. The van der Waals surface area contributed by atoms with Gasteiger partial charge in [-0.3, -0.25) is 14.7 Å². The Bertz CT molecular complexity index is 1090. The van der Waals surface area contributed by atoms with Crippen LogP contribution < -0.4 is 10.5 Å². The van der Waals surface area contributed by atoms with Crippen LogP contribution in [0.5, 0.6) is 0 Å². The largest absolute Gasteiger partial charge is 0.398 e. The second-order valence-electron chi connectivity index (χ2n) is 7.78. The van der Waals surface area contributed by atoms with Crippen LogP contribution >= 0.6 is 11.3 Å². The number of nitrogen functional groups attached to an aromatic ring is 1. The predicted octanol–water partition coefficient (Wildman–Crippen LogP) is 3.10. The number of hydrogen-bond acceptors (Lipinski definition) is 5. The molecule has 2 N–H and O–H groups in total. The molecule has 2 heterocycles. The van der Waals surface area contributed by atoms with Crippen molar-refractivity contribution in [3.63, 3.8) is 0 Å². The highest BCUT2D eigenvalue weighted by Gasteiger charge is 2.24. The summed E-state index contributed by atoms with van der Waals surface area (Å²) in [6, 6.07) is 18.2. The highest BCUT2D eigenvalue weighted by molar-refractivity contribution is 7.07. The first-order valence-electron chi connectivity index (χ1n) is 10.7. The van der Waals surface area contributed by atoms with E-state index in [1.165, 1.54) is 5.56 Å². The summed E-state index contributed by atoms with van der Waals surface area (Å²) in [7, 11) is 0. The standard InChI is InChI=1S/C24H29N5OS/c1-2-29-21(18-31-24(29)26-14-20-10-6-7-11-22(20)25)16-28-13-12-27(17-23(28)30)15-19-8-4-3-5-9-19/h3-11,18H,2,12-17,25H2,1H3. The summed E-state index contributed by atoms with van der Waals surface area (Å²) in [6.07, 6.45) is 0. The molecule has 4 rings (SSSR count). The molecule has 0 bridgehead atoms. The molecule has 1 saturated heterocycles. The number of amides is 1. The number of benzene rings is 2. The van der Waals surface area contributed by atoms with Crippen molar-refractivity contribution >= 4 is 22.9 Å². The minimum Gasteiger partial charge on any atom is -0.398 e. The van der Waals surface area contributed by atoms with E-state index in [0.29, 0.717) is 19.6 Å². The van der Waals surface area contributed by atoms with Crippen molar-refractivity contribution < 1.29 is 4.79 Å². The maximum absolute atomic E-state index is 12.8. The molecule has 0 atom stereocenters. The molecule has 31 heavy (non-hydrogen) atoms. The van der Waals surface area contributed by atoms with Crippen LogP contribution in [0.2, 0.25) is 0 Å². The van der Waals surface area contributed by atoms with Gasteiger partial charge in [0.2, 0.25) is 5.91 Å². The van der Waals surface area contributed by atoms with Crippen molar-refractivity contribution in [2.75, 3.05) is 25.4 Å². The summed E-state index contributed by atoms with van der Waals surface area (Å²) in [5, 5.41) is 2.13. The van der Waals surface area contributed by atoms with E-state index in [4.69, 9.17) is 10.7 Å². The molecular weight excluding hydrogens is 406 g/mol. The Morgan fingerprint density at radius 1 is 1.03 bits per heavy atom. The second kappa shape index (κ2) is 9.94. The van der Waals surface area contributed by atoms with Gasteiger partial charge in [0.15, 0.2) is 4.80 Å². The lowest BCUT2D eigenvalue weighted by atomic mass is 10.2. The zero-order valence-electron chi connectivity index (χ0n) is 17.9. The second-order valence-corrected chi connectivity index (χ2v) is 8.62. The van der Waals surface area contributed by atoms with Crippen molar-refractivity contribution in [1.29, 1.82) is 0 Å². The number of para-hydroxylation sites is 1. The van der Waals surface area contributed by atoms with Crippen LogP contribution in [0, 0.1) is 0 Å². The number of thiazole rings is 1. The fourth-order valence-electron chi connectivity index (χ4n) is 3.88. The van der Waals surface area contributed by atoms with Crippen molar-refractivity contribution in [3.05, 3.63) is 81.6 Å². The van der Waals surface area contributed by atoms with E-state index in [1.807, 2.05) is 47.4 Å². The Kier molecular flexibility index (Phi) is 6.84. The zero-order valence-corrected chi connectivity index (χ0v) is 18.7. The van der Waals surface area contributed by atoms with Crippen molar-refractivity contribution in [2.24, 2.45) is 4.99 Å². The maximum Gasteiger partial charge on any atom is 0.237 e. The van der Waals surface area contributed by atoms with Gasteiger partial charge in [-0.1, -0.05) is 48.5 Å². The number of hydrogen-bond donors (Lipinski definition) is 1.